The summed E-state index contributed by atoms with van der Waals surface area (Å²) in [4.78, 5) is 25.1. The molecule has 22 heavy (non-hydrogen) atoms. The largest absolute Gasteiger partial charge is 0.338 e. The highest BCUT2D eigenvalue weighted by Gasteiger charge is 2.33. The molecule has 3 rings (SSSR count). The fraction of sp³-hybridized carbons (Fsp3) is 0.467. The third-order valence-electron chi connectivity index (χ3n) is 3.98. The quantitative estimate of drug-likeness (QED) is 0.830. The molecule has 0 spiro atoms. The van der Waals surface area contributed by atoms with Crippen molar-refractivity contribution in [3.63, 3.8) is 0 Å². The van der Waals surface area contributed by atoms with E-state index in [1.807, 2.05) is 26.1 Å². The Labute approximate surface area is 128 Å². The van der Waals surface area contributed by atoms with Gasteiger partial charge in [0, 0.05) is 25.8 Å². The summed E-state index contributed by atoms with van der Waals surface area (Å²) in [6, 6.07) is 3.65. The van der Waals surface area contributed by atoms with Gasteiger partial charge in [-0.2, -0.15) is 4.98 Å². The molecule has 1 aliphatic rings. The molecule has 1 aliphatic heterocycles. The lowest BCUT2D eigenvalue weighted by atomic mass is 10.1. The molecular formula is C15H19N5O2. The second-order valence-corrected chi connectivity index (χ2v) is 5.60. The van der Waals surface area contributed by atoms with Gasteiger partial charge in [-0.3, -0.25) is 14.7 Å². The van der Waals surface area contributed by atoms with Gasteiger partial charge in [0.25, 0.3) is 5.91 Å². The van der Waals surface area contributed by atoms with E-state index < -0.39 is 0 Å². The van der Waals surface area contributed by atoms with Crippen LogP contribution in [0.25, 0.3) is 0 Å². The summed E-state index contributed by atoms with van der Waals surface area (Å²) in [6.07, 6.45) is 1.65. The first-order valence-corrected chi connectivity index (χ1v) is 7.27. The molecule has 1 atom stereocenters. The Balaban J connectivity index is 1.81. The van der Waals surface area contributed by atoms with Crippen molar-refractivity contribution in [2.75, 3.05) is 26.7 Å². The summed E-state index contributed by atoms with van der Waals surface area (Å²) in [5.41, 5.74) is 1.39. The third-order valence-corrected chi connectivity index (χ3v) is 3.98. The number of amides is 1. The maximum atomic E-state index is 12.7. The molecule has 3 heterocycles. The Morgan fingerprint density at radius 1 is 1.36 bits per heavy atom. The predicted octanol–water partition coefficient (Wildman–Crippen LogP) is 1.21. The van der Waals surface area contributed by atoms with Crippen LogP contribution in [0.4, 0.5) is 0 Å². The van der Waals surface area contributed by atoms with Gasteiger partial charge in [-0.25, -0.2) is 0 Å². The van der Waals surface area contributed by atoms with Crippen LogP contribution in [0, 0.1) is 13.8 Å². The van der Waals surface area contributed by atoms with Crippen molar-refractivity contribution in [3.05, 3.63) is 41.3 Å². The van der Waals surface area contributed by atoms with Crippen LogP contribution in [0.5, 0.6) is 0 Å². The molecule has 7 heteroatoms. The molecule has 0 radical (unpaired) electrons. The highest BCUT2D eigenvalue weighted by Crippen LogP contribution is 2.23. The van der Waals surface area contributed by atoms with Crippen LogP contribution in [0.15, 0.2) is 22.9 Å². The molecule has 0 aliphatic carbocycles. The predicted molar refractivity (Wildman–Crippen MR) is 79.3 cm³/mol. The van der Waals surface area contributed by atoms with Crippen molar-refractivity contribution in [2.24, 2.45) is 0 Å². The van der Waals surface area contributed by atoms with E-state index in [0.717, 1.165) is 12.1 Å². The second kappa shape index (κ2) is 5.84. The summed E-state index contributed by atoms with van der Waals surface area (Å²) >= 11 is 0. The zero-order valence-corrected chi connectivity index (χ0v) is 13.0. The molecule has 116 valence electrons. The van der Waals surface area contributed by atoms with Crippen LogP contribution in [0.2, 0.25) is 0 Å². The average Bonchev–Trinajstić information content (AvgIpc) is 2.94. The fourth-order valence-electron chi connectivity index (χ4n) is 2.63. The summed E-state index contributed by atoms with van der Waals surface area (Å²) in [7, 11) is 2.00. The molecule has 1 fully saturated rings. The Hall–Kier alpha value is -2.28. The van der Waals surface area contributed by atoms with E-state index in [0.29, 0.717) is 30.5 Å². The van der Waals surface area contributed by atoms with E-state index in [1.54, 1.807) is 18.0 Å². The SMILES string of the molecule is Cc1noc([C@@H]2CN(C(=O)c3ncccc3C)CCN2C)n1. The van der Waals surface area contributed by atoms with Crippen LogP contribution in [-0.4, -0.2) is 57.5 Å². The number of piperazine rings is 1. The summed E-state index contributed by atoms with van der Waals surface area (Å²) in [6.45, 7) is 5.62. The molecular weight excluding hydrogens is 282 g/mol. The van der Waals surface area contributed by atoms with E-state index in [-0.39, 0.29) is 11.9 Å². The van der Waals surface area contributed by atoms with Crippen LogP contribution in [0.3, 0.4) is 0 Å². The molecule has 1 saturated heterocycles. The summed E-state index contributed by atoms with van der Waals surface area (Å²) in [5, 5.41) is 3.84. The highest BCUT2D eigenvalue weighted by atomic mass is 16.5. The van der Waals surface area contributed by atoms with Crippen molar-refractivity contribution >= 4 is 5.91 Å². The minimum atomic E-state index is -0.0806. The van der Waals surface area contributed by atoms with Crippen molar-refractivity contribution in [1.82, 2.24) is 24.9 Å². The van der Waals surface area contributed by atoms with E-state index in [9.17, 15) is 4.79 Å². The number of carbonyl (C=O) groups excluding carboxylic acids is 1. The van der Waals surface area contributed by atoms with Gasteiger partial charge in [0.05, 0.1) is 0 Å². The van der Waals surface area contributed by atoms with Crippen LogP contribution in [0.1, 0.15) is 33.8 Å². The van der Waals surface area contributed by atoms with E-state index in [2.05, 4.69) is 20.0 Å². The molecule has 0 aromatic carbocycles. The average molecular weight is 301 g/mol. The highest BCUT2D eigenvalue weighted by molar-refractivity contribution is 5.93. The Morgan fingerprint density at radius 2 is 2.18 bits per heavy atom. The smallest absolute Gasteiger partial charge is 0.272 e. The first kappa shape index (κ1) is 14.6. The van der Waals surface area contributed by atoms with Crippen molar-refractivity contribution in [2.45, 2.75) is 19.9 Å². The molecule has 2 aromatic rings. The van der Waals surface area contributed by atoms with Gasteiger partial charge in [0.1, 0.15) is 11.7 Å². The second-order valence-electron chi connectivity index (χ2n) is 5.60. The molecule has 7 nitrogen and oxygen atoms in total. The van der Waals surface area contributed by atoms with Crippen molar-refractivity contribution in [3.8, 4) is 0 Å². The zero-order chi connectivity index (χ0) is 15.7. The minimum absolute atomic E-state index is 0.0487. The van der Waals surface area contributed by atoms with Crippen LogP contribution < -0.4 is 0 Å². The zero-order valence-electron chi connectivity index (χ0n) is 13.0. The number of rotatable bonds is 2. The van der Waals surface area contributed by atoms with Gasteiger partial charge >= 0.3 is 0 Å². The fourth-order valence-corrected chi connectivity index (χ4v) is 2.63. The molecule has 0 bridgehead atoms. The van der Waals surface area contributed by atoms with Gasteiger partial charge in [-0.15, -0.1) is 0 Å². The third kappa shape index (κ3) is 2.71. The number of hydrogen-bond acceptors (Lipinski definition) is 6. The van der Waals surface area contributed by atoms with Gasteiger partial charge in [0.15, 0.2) is 5.82 Å². The first-order valence-electron chi connectivity index (χ1n) is 7.27. The summed E-state index contributed by atoms with van der Waals surface area (Å²) in [5.74, 6) is 1.11. The normalized spacial score (nSPS) is 19.4. The Kier molecular flexibility index (Phi) is 3.89. The van der Waals surface area contributed by atoms with Gasteiger partial charge in [-0.05, 0) is 32.5 Å². The van der Waals surface area contributed by atoms with Crippen LogP contribution in [-0.2, 0) is 0 Å². The Morgan fingerprint density at radius 3 is 2.86 bits per heavy atom. The van der Waals surface area contributed by atoms with E-state index >= 15 is 0 Å². The summed E-state index contributed by atoms with van der Waals surface area (Å²) < 4.78 is 5.28. The monoisotopic (exact) mass is 301 g/mol. The number of aryl methyl sites for hydroxylation is 2. The number of hydrogen-bond donors (Lipinski definition) is 0. The van der Waals surface area contributed by atoms with Gasteiger partial charge in [-0.1, -0.05) is 11.2 Å². The van der Waals surface area contributed by atoms with Gasteiger partial charge in [0.2, 0.25) is 5.89 Å². The lowest BCUT2D eigenvalue weighted by Gasteiger charge is -2.37. The Bertz CT molecular complexity index is 684. The number of pyridine rings is 1. The lowest BCUT2D eigenvalue weighted by molar-refractivity contribution is 0.0483. The molecule has 1 amide bonds. The topological polar surface area (TPSA) is 75.4 Å². The first-order chi connectivity index (χ1) is 10.6. The van der Waals surface area contributed by atoms with Crippen molar-refractivity contribution < 1.29 is 9.32 Å². The molecule has 0 unspecified atom stereocenters. The molecule has 0 N–H and O–H groups in total. The van der Waals surface area contributed by atoms with Gasteiger partial charge < -0.3 is 9.42 Å². The van der Waals surface area contributed by atoms with E-state index in [1.165, 1.54) is 0 Å². The van der Waals surface area contributed by atoms with Crippen LogP contribution >= 0.6 is 0 Å². The molecule has 2 aromatic heterocycles. The number of aromatic nitrogens is 3. The number of likely N-dealkylation sites (N-methyl/N-ethyl adjacent to an activating group) is 1. The molecule has 0 saturated carbocycles. The number of nitrogens with zero attached hydrogens (tertiary/aromatic N) is 5. The maximum absolute atomic E-state index is 12.7. The van der Waals surface area contributed by atoms with E-state index in [4.69, 9.17) is 4.52 Å². The minimum Gasteiger partial charge on any atom is -0.338 e. The van der Waals surface area contributed by atoms with Crippen molar-refractivity contribution in [1.29, 1.82) is 0 Å². The lowest BCUT2D eigenvalue weighted by Crippen LogP contribution is -2.49. The maximum Gasteiger partial charge on any atom is 0.272 e. The standard InChI is InChI=1S/C15H19N5O2/c1-10-5-4-6-16-13(10)15(21)20-8-7-19(3)12(9-20)14-17-11(2)18-22-14/h4-6,12H,7-9H2,1-3H3/t12-/m0/s1. The number of carbonyl (C=O) groups is 1.